The molecule has 0 aliphatic heterocycles. The molecule has 23 heavy (non-hydrogen) atoms. The highest BCUT2D eigenvalue weighted by Gasteiger charge is 1.99. The van der Waals surface area contributed by atoms with Crippen molar-refractivity contribution in [2.45, 2.75) is 13.3 Å². The van der Waals surface area contributed by atoms with E-state index in [0.29, 0.717) is 6.73 Å². The minimum Gasteiger partial charge on any atom is -0.473 e. The van der Waals surface area contributed by atoms with Gasteiger partial charge < -0.3 is 10.1 Å². The van der Waals surface area contributed by atoms with Crippen LogP contribution in [0.2, 0.25) is 0 Å². The molecular weight excluding hydrogens is 282 g/mol. The Bertz CT molecular complexity index is 735. The van der Waals surface area contributed by atoms with Crippen LogP contribution in [-0.2, 0) is 6.42 Å². The summed E-state index contributed by atoms with van der Waals surface area (Å²) in [5, 5.41) is 3.29. The molecule has 0 heterocycles. The fraction of sp³-hybridized carbons (Fsp3) is 0.143. The van der Waals surface area contributed by atoms with E-state index < -0.39 is 0 Å². The van der Waals surface area contributed by atoms with Gasteiger partial charge in [-0.25, -0.2) is 0 Å². The fourth-order valence-corrected chi connectivity index (χ4v) is 2.49. The third-order valence-corrected chi connectivity index (χ3v) is 3.80. The number of benzene rings is 3. The zero-order chi connectivity index (χ0) is 15.9. The van der Waals surface area contributed by atoms with Gasteiger partial charge in [-0.3, -0.25) is 0 Å². The van der Waals surface area contributed by atoms with Gasteiger partial charge in [0.1, 0.15) is 5.75 Å². The summed E-state index contributed by atoms with van der Waals surface area (Å²) >= 11 is 0. The predicted octanol–water partition coefficient (Wildman–Crippen LogP) is 5.03. The van der Waals surface area contributed by atoms with Crippen molar-refractivity contribution in [2.75, 3.05) is 12.0 Å². The normalized spacial score (nSPS) is 10.3. The Labute approximate surface area is 137 Å². The molecule has 0 radical (unpaired) electrons. The van der Waals surface area contributed by atoms with Crippen molar-refractivity contribution in [3.05, 3.63) is 95.6 Å². The number of ether oxygens (including phenoxy) is 1. The second kappa shape index (κ2) is 7.50. The SMILES string of the molecule is Cc1ccccc1OCNc1ccc(Cc2ccccc2)cc1. The Kier molecular flexibility index (Phi) is 4.95. The quantitative estimate of drug-likeness (QED) is 0.645. The molecule has 0 aliphatic rings. The Hall–Kier alpha value is -2.74. The minimum absolute atomic E-state index is 0.461. The molecule has 0 aliphatic carbocycles. The largest absolute Gasteiger partial charge is 0.473 e. The molecule has 3 aromatic rings. The number of nitrogens with one attached hydrogen (secondary N) is 1. The van der Waals surface area contributed by atoms with Crippen LogP contribution in [0.15, 0.2) is 78.9 Å². The topological polar surface area (TPSA) is 21.3 Å². The lowest BCUT2D eigenvalue weighted by molar-refractivity contribution is 0.344. The monoisotopic (exact) mass is 303 g/mol. The van der Waals surface area contributed by atoms with Crippen LogP contribution in [0.4, 0.5) is 5.69 Å². The summed E-state index contributed by atoms with van der Waals surface area (Å²) in [4.78, 5) is 0. The van der Waals surface area contributed by atoms with Crippen LogP contribution < -0.4 is 10.1 Å². The molecular formula is C21H21NO. The van der Waals surface area contributed by atoms with E-state index >= 15 is 0 Å². The summed E-state index contributed by atoms with van der Waals surface area (Å²) in [5.74, 6) is 0.917. The van der Waals surface area contributed by atoms with Gasteiger partial charge in [0.25, 0.3) is 0 Å². The molecule has 0 amide bonds. The molecule has 0 spiro atoms. The van der Waals surface area contributed by atoms with E-state index in [1.807, 2.05) is 37.3 Å². The summed E-state index contributed by atoms with van der Waals surface area (Å²) in [7, 11) is 0. The van der Waals surface area contributed by atoms with Gasteiger partial charge in [-0.05, 0) is 48.2 Å². The second-order valence-electron chi connectivity index (χ2n) is 5.59. The molecule has 3 aromatic carbocycles. The Morgan fingerprint density at radius 1 is 0.739 bits per heavy atom. The summed E-state index contributed by atoms with van der Waals surface area (Å²) in [6.07, 6.45) is 0.959. The maximum Gasteiger partial charge on any atom is 0.159 e. The molecule has 0 fully saturated rings. The van der Waals surface area contributed by atoms with Gasteiger partial charge in [-0.2, -0.15) is 0 Å². The third-order valence-electron chi connectivity index (χ3n) is 3.80. The van der Waals surface area contributed by atoms with Crippen LogP contribution in [0.1, 0.15) is 16.7 Å². The van der Waals surface area contributed by atoms with E-state index in [1.165, 1.54) is 11.1 Å². The highest BCUT2D eigenvalue weighted by Crippen LogP contribution is 2.17. The maximum atomic E-state index is 5.76. The molecule has 0 saturated carbocycles. The zero-order valence-electron chi connectivity index (χ0n) is 13.3. The average Bonchev–Trinajstić information content (AvgIpc) is 2.59. The summed E-state index contributed by atoms with van der Waals surface area (Å²) in [6.45, 7) is 2.51. The second-order valence-corrected chi connectivity index (χ2v) is 5.59. The smallest absolute Gasteiger partial charge is 0.159 e. The predicted molar refractivity (Wildman–Crippen MR) is 96.0 cm³/mol. The number of rotatable bonds is 6. The first-order valence-corrected chi connectivity index (χ1v) is 7.86. The lowest BCUT2D eigenvalue weighted by atomic mass is 10.1. The molecule has 2 heteroatoms. The maximum absolute atomic E-state index is 5.76. The van der Waals surface area contributed by atoms with Crippen molar-refractivity contribution in [2.24, 2.45) is 0 Å². The van der Waals surface area contributed by atoms with E-state index in [9.17, 15) is 0 Å². The molecule has 116 valence electrons. The van der Waals surface area contributed by atoms with E-state index in [-0.39, 0.29) is 0 Å². The molecule has 0 atom stereocenters. The van der Waals surface area contributed by atoms with Gasteiger partial charge in [0.05, 0.1) is 0 Å². The van der Waals surface area contributed by atoms with Gasteiger partial charge in [-0.15, -0.1) is 0 Å². The molecule has 1 N–H and O–H groups in total. The van der Waals surface area contributed by atoms with Crippen LogP contribution in [0.5, 0.6) is 5.75 Å². The van der Waals surface area contributed by atoms with Gasteiger partial charge in [-0.1, -0.05) is 60.7 Å². The number of para-hydroxylation sites is 1. The molecule has 2 nitrogen and oxygen atoms in total. The Balaban J connectivity index is 1.53. The minimum atomic E-state index is 0.461. The molecule has 0 bridgehead atoms. The first-order chi connectivity index (χ1) is 11.3. The van der Waals surface area contributed by atoms with Crippen LogP contribution in [0.25, 0.3) is 0 Å². The Morgan fingerprint density at radius 2 is 1.39 bits per heavy atom. The Morgan fingerprint density at radius 3 is 2.13 bits per heavy atom. The number of aryl methyl sites for hydroxylation is 1. The standard InChI is InChI=1S/C21H21NO/c1-17-7-5-6-10-21(17)23-16-22-20-13-11-19(12-14-20)15-18-8-3-2-4-9-18/h2-14,22H,15-16H2,1H3. The lowest BCUT2D eigenvalue weighted by Crippen LogP contribution is -2.09. The van der Waals surface area contributed by atoms with Gasteiger partial charge in [0, 0.05) is 5.69 Å². The molecule has 3 rings (SSSR count). The lowest BCUT2D eigenvalue weighted by Gasteiger charge is -2.11. The summed E-state index contributed by atoms with van der Waals surface area (Å²) < 4.78 is 5.76. The number of anilines is 1. The number of hydrogen-bond donors (Lipinski definition) is 1. The van der Waals surface area contributed by atoms with E-state index in [0.717, 1.165) is 23.4 Å². The van der Waals surface area contributed by atoms with E-state index in [2.05, 4.69) is 53.8 Å². The first kappa shape index (κ1) is 15.2. The van der Waals surface area contributed by atoms with Crippen molar-refractivity contribution in [1.29, 1.82) is 0 Å². The average molecular weight is 303 g/mol. The van der Waals surface area contributed by atoms with Crippen LogP contribution >= 0.6 is 0 Å². The highest BCUT2D eigenvalue weighted by atomic mass is 16.5. The van der Waals surface area contributed by atoms with E-state index in [1.54, 1.807) is 0 Å². The van der Waals surface area contributed by atoms with Gasteiger partial charge in [0.15, 0.2) is 6.73 Å². The van der Waals surface area contributed by atoms with Crippen LogP contribution in [0, 0.1) is 6.92 Å². The first-order valence-electron chi connectivity index (χ1n) is 7.86. The van der Waals surface area contributed by atoms with Crippen molar-refractivity contribution >= 4 is 5.69 Å². The summed E-state index contributed by atoms with van der Waals surface area (Å²) in [6, 6.07) is 27.1. The molecule has 0 aromatic heterocycles. The molecule has 0 saturated heterocycles. The summed E-state index contributed by atoms with van der Waals surface area (Å²) in [5.41, 5.74) is 4.85. The van der Waals surface area contributed by atoms with Crippen LogP contribution in [0.3, 0.4) is 0 Å². The number of hydrogen-bond acceptors (Lipinski definition) is 2. The molecule has 0 unspecified atom stereocenters. The zero-order valence-corrected chi connectivity index (χ0v) is 13.3. The van der Waals surface area contributed by atoms with Gasteiger partial charge >= 0.3 is 0 Å². The van der Waals surface area contributed by atoms with Crippen molar-refractivity contribution in [3.8, 4) is 5.75 Å². The highest BCUT2D eigenvalue weighted by molar-refractivity contribution is 5.45. The van der Waals surface area contributed by atoms with Crippen molar-refractivity contribution in [1.82, 2.24) is 0 Å². The van der Waals surface area contributed by atoms with Crippen molar-refractivity contribution < 1.29 is 4.74 Å². The third kappa shape index (κ3) is 4.36. The fourth-order valence-electron chi connectivity index (χ4n) is 2.49. The van der Waals surface area contributed by atoms with E-state index in [4.69, 9.17) is 4.74 Å². The van der Waals surface area contributed by atoms with Gasteiger partial charge in [0.2, 0.25) is 0 Å². The van der Waals surface area contributed by atoms with Crippen LogP contribution in [-0.4, -0.2) is 6.73 Å². The van der Waals surface area contributed by atoms with Crippen molar-refractivity contribution in [3.63, 3.8) is 0 Å².